The molecule has 2 amide bonds. The Hall–Kier alpha value is -2.09. The van der Waals surface area contributed by atoms with E-state index >= 15 is 0 Å². The van der Waals surface area contributed by atoms with Gasteiger partial charge in [-0.15, -0.1) is 0 Å². The summed E-state index contributed by atoms with van der Waals surface area (Å²) in [7, 11) is 0. The van der Waals surface area contributed by atoms with Crippen molar-refractivity contribution in [2.75, 3.05) is 37.7 Å². The summed E-state index contributed by atoms with van der Waals surface area (Å²) < 4.78 is 12.0. The third-order valence-electron chi connectivity index (χ3n) is 4.78. The quantitative estimate of drug-likeness (QED) is 0.682. The smallest absolute Gasteiger partial charge is 0.265 e. The van der Waals surface area contributed by atoms with Crippen molar-refractivity contribution in [3.63, 3.8) is 0 Å². The maximum atomic E-state index is 13.3. The van der Waals surface area contributed by atoms with Gasteiger partial charge in [-0.3, -0.25) is 9.59 Å². The van der Waals surface area contributed by atoms with Crippen LogP contribution in [0.15, 0.2) is 46.9 Å². The fraction of sp³-hybridized carbons (Fsp3) is 0.300. The molecule has 8 heteroatoms. The van der Waals surface area contributed by atoms with Crippen LogP contribution < -0.4 is 9.64 Å². The molecular formula is C20H18BrClN2O4. The van der Waals surface area contributed by atoms with E-state index in [-0.39, 0.29) is 18.4 Å². The van der Waals surface area contributed by atoms with E-state index in [0.717, 1.165) is 4.47 Å². The second kappa shape index (κ2) is 8.11. The average molecular weight is 466 g/mol. The number of fused-ring (bicyclic) bond motifs is 1. The number of ether oxygens (including phenoxy) is 2. The highest BCUT2D eigenvalue weighted by atomic mass is 79.9. The monoisotopic (exact) mass is 464 g/mol. The summed E-state index contributed by atoms with van der Waals surface area (Å²) >= 11 is 9.65. The molecule has 28 heavy (non-hydrogen) atoms. The van der Waals surface area contributed by atoms with Gasteiger partial charge in [0.1, 0.15) is 5.75 Å². The Labute approximate surface area is 176 Å². The lowest BCUT2D eigenvalue weighted by Crippen LogP contribution is -2.54. The third kappa shape index (κ3) is 3.74. The van der Waals surface area contributed by atoms with E-state index in [2.05, 4.69) is 15.9 Å². The van der Waals surface area contributed by atoms with E-state index in [1.54, 1.807) is 40.1 Å². The van der Waals surface area contributed by atoms with E-state index in [1.165, 1.54) is 0 Å². The van der Waals surface area contributed by atoms with Crippen LogP contribution in [0.5, 0.6) is 5.75 Å². The number of morpholine rings is 1. The van der Waals surface area contributed by atoms with Crippen molar-refractivity contribution in [2.24, 2.45) is 0 Å². The van der Waals surface area contributed by atoms with Crippen molar-refractivity contribution < 1.29 is 19.1 Å². The van der Waals surface area contributed by atoms with Gasteiger partial charge in [0, 0.05) is 17.6 Å². The van der Waals surface area contributed by atoms with Gasteiger partial charge in [-0.25, -0.2) is 0 Å². The number of amides is 2. The Balaban J connectivity index is 1.66. The molecule has 6 nitrogen and oxygen atoms in total. The predicted octanol–water partition coefficient (Wildman–Crippen LogP) is 3.37. The first-order valence-corrected chi connectivity index (χ1v) is 10.1. The molecule has 1 saturated heterocycles. The highest BCUT2D eigenvalue weighted by molar-refractivity contribution is 9.10. The summed E-state index contributed by atoms with van der Waals surface area (Å²) in [5.74, 6) is 0.0811. The molecule has 0 aliphatic carbocycles. The van der Waals surface area contributed by atoms with E-state index in [0.29, 0.717) is 48.3 Å². The molecule has 0 bridgehead atoms. The number of anilines is 1. The van der Waals surface area contributed by atoms with Crippen LogP contribution in [0.25, 0.3) is 0 Å². The van der Waals surface area contributed by atoms with E-state index in [9.17, 15) is 9.59 Å². The average Bonchev–Trinajstić information content (AvgIpc) is 2.74. The number of nitrogens with zero attached hydrogens (tertiary/aromatic N) is 2. The minimum absolute atomic E-state index is 0.120. The van der Waals surface area contributed by atoms with Crippen LogP contribution in [-0.4, -0.2) is 55.7 Å². The van der Waals surface area contributed by atoms with E-state index in [1.807, 2.05) is 12.1 Å². The van der Waals surface area contributed by atoms with Crippen molar-refractivity contribution in [2.45, 2.75) is 6.10 Å². The molecule has 146 valence electrons. The lowest BCUT2D eigenvalue weighted by molar-refractivity contribution is -0.142. The molecule has 0 aromatic heterocycles. The first-order chi connectivity index (χ1) is 13.5. The number of benzene rings is 2. The Morgan fingerprint density at radius 3 is 2.64 bits per heavy atom. The molecule has 2 aliphatic rings. The summed E-state index contributed by atoms with van der Waals surface area (Å²) in [6.45, 7) is 2.17. The minimum atomic E-state index is -0.775. The zero-order chi connectivity index (χ0) is 19.7. The molecular weight excluding hydrogens is 448 g/mol. The maximum Gasteiger partial charge on any atom is 0.265 e. The van der Waals surface area contributed by atoms with Crippen LogP contribution >= 0.6 is 27.5 Å². The largest absolute Gasteiger partial charge is 0.476 e. The van der Waals surface area contributed by atoms with E-state index in [4.69, 9.17) is 21.1 Å². The molecule has 0 spiro atoms. The van der Waals surface area contributed by atoms with Crippen molar-refractivity contribution in [1.82, 2.24) is 4.90 Å². The number of halogens is 2. The molecule has 2 aromatic rings. The van der Waals surface area contributed by atoms with Gasteiger partial charge in [-0.05, 0) is 30.3 Å². The molecule has 0 unspecified atom stereocenters. The number of para-hydroxylation sites is 2. The third-order valence-corrected chi connectivity index (χ3v) is 5.60. The Morgan fingerprint density at radius 1 is 1.11 bits per heavy atom. The summed E-state index contributed by atoms with van der Waals surface area (Å²) in [5, 5.41) is 0.355. The fourth-order valence-electron chi connectivity index (χ4n) is 3.35. The van der Waals surface area contributed by atoms with E-state index < -0.39 is 6.10 Å². The van der Waals surface area contributed by atoms with Crippen LogP contribution in [0.2, 0.25) is 5.02 Å². The first-order valence-electron chi connectivity index (χ1n) is 8.94. The van der Waals surface area contributed by atoms with Gasteiger partial charge in [0.15, 0.2) is 6.10 Å². The van der Waals surface area contributed by atoms with Gasteiger partial charge in [0.25, 0.3) is 11.8 Å². The van der Waals surface area contributed by atoms with Crippen molar-refractivity contribution >= 4 is 45.0 Å². The predicted molar refractivity (Wildman–Crippen MR) is 109 cm³/mol. The lowest BCUT2D eigenvalue weighted by atomic mass is 10.1. The van der Waals surface area contributed by atoms with Gasteiger partial charge in [-0.2, -0.15) is 0 Å². The first kappa shape index (κ1) is 19.2. The van der Waals surface area contributed by atoms with Crippen molar-refractivity contribution in [3.8, 4) is 5.75 Å². The molecule has 1 atom stereocenters. The Kier molecular flexibility index (Phi) is 5.57. The normalized spacial score (nSPS) is 19.0. The number of carbonyl (C=O) groups is 2. The van der Waals surface area contributed by atoms with Gasteiger partial charge < -0.3 is 19.3 Å². The Bertz CT molecular complexity index is 917. The number of hydrogen-bond acceptors (Lipinski definition) is 4. The van der Waals surface area contributed by atoms with Crippen LogP contribution in [0.4, 0.5) is 5.69 Å². The zero-order valence-corrected chi connectivity index (χ0v) is 17.3. The van der Waals surface area contributed by atoms with Crippen LogP contribution in [-0.2, 0) is 9.53 Å². The van der Waals surface area contributed by atoms with Gasteiger partial charge in [0.05, 0.1) is 36.0 Å². The summed E-state index contributed by atoms with van der Waals surface area (Å²) in [4.78, 5) is 29.5. The second-order valence-corrected chi connectivity index (χ2v) is 7.87. The number of hydrogen-bond donors (Lipinski definition) is 0. The molecule has 0 saturated carbocycles. The molecule has 2 aliphatic heterocycles. The molecule has 2 heterocycles. The standard InChI is InChI=1S/C20H18BrClN2O4/c21-13-5-6-15(22)14(11-13)19(25)24-12-18(20(26)23-7-9-27-10-8-23)28-17-4-2-1-3-16(17)24/h1-6,11,18H,7-10,12H2/t18-/m0/s1. The maximum absolute atomic E-state index is 13.3. The van der Waals surface area contributed by atoms with Gasteiger partial charge >= 0.3 is 0 Å². The molecule has 0 radical (unpaired) electrons. The highest BCUT2D eigenvalue weighted by Crippen LogP contribution is 2.35. The Morgan fingerprint density at radius 2 is 1.86 bits per heavy atom. The minimum Gasteiger partial charge on any atom is -0.476 e. The summed E-state index contributed by atoms with van der Waals surface area (Å²) in [5.41, 5.74) is 0.986. The fourth-order valence-corrected chi connectivity index (χ4v) is 3.91. The van der Waals surface area contributed by atoms with Gasteiger partial charge in [-0.1, -0.05) is 39.7 Å². The lowest BCUT2D eigenvalue weighted by Gasteiger charge is -2.37. The summed E-state index contributed by atoms with van der Waals surface area (Å²) in [6.07, 6.45) is -0.775. The molecule has 2 aromatic carbocycles. The van der Waals surface area contributed by atoms with Crippen molar-refractivity contribution in [1.29, 1.82) is 0 Å². The number of rotatable bonds is 2. The van der Waals surface area contributed by atoms with Crippen molar-refractivity contribution in [3.05, 3.63) is 57.5 Å². The summed E-state index contributed by atoms with van der Waals surface area (Å²) in [6, 6.07) is 12.3. The second-order valence-electron chi connectivity index (χ2n) is 6.55. The van der Waals surface area contributed by atoms with Crippen LogP contribution in [0.1, 0.15) is 10.4 Å². The van der Waals surface area contributed by atoms with Crippen LogP contribution in [0.3, 0.4) is 0 Å². The topological polar surface area (TPSA) is 59.1 Å². The molecule has 0 N–H and O–H groups in total. The highest BCUT2D eigenvalue weighted by Gasteiger charge is 2.37. The number of carbonyl (C=O) groups excluding carboxylic acids is 2. The van der Waals surface area contributed by atoms with Gasteiger partial charge in [0.2, 0.25) is 0 Å². The zero-order valence-electron chi connectivity index (χ0n) is 14.9. The van der Waals surface area contributed by atoms with Crippen LogP contribution in [0, 0.1) is 0 Å². The molecule has 1 fully saturated rings. The SMILES string of the molecule is O=C([C@@H]1CN(C(=O)c2cc(Br)ccc2Cl)c2ccccc2O1)N1CCOCC1. The molecule has 4 rings (SSSR count).